The van der Waals surface area contributed by atoms with E-state index >= 15 is 0 Å². The van der Waals surface area contributed by atoms with Gasteiger partial charge >= 0.3 is 0 Å². The van der Waals surface area contributed by atoms with E-state index in [2.05, 4.69) is 25.2 Å². The van der Waals surface area contributed by atoms with Crippen LogP contribution in [0.2, 0.25) is 0 Å². The van der Waals surface area contributed by atoms with Gasteiger partial charge in [0.2, 0.25) is 0 Å². The topological polar surface area (TPSA) is 32.3 Å². The monoisotopic (exact) mass is 179 g/mol. The summed E-state index contributed by atoms with van der Waals surface area (Å²) in [6.07, 6.45) is 0.494. The molecule has 2 N–H and O–H groups in total. The van der Waals surface area contributed by atoms with E-state index in [9.17, 15) is 5.11 Å². The molecule has 1 aromatic carbocycles. The van der Waals surface area contributed by atoms with Gasteiger partial charge in [-0.25, -0.2) is 0 Å². The summed E-state index contributed by atoms with van der Waals surface area (Å²) in [6, 6.07) is 6.09. The van der Waals surface area contributed by atoms with Crippen molar-refractivity contribution in [1.82, 2.24) is 0 Å². The van der Waals surface area contributed by atoms with Crippen LogP contribution < -0.4 is 5.32 Å². The molecule has 0 fully saturated rings. The van der Waals surface area contributed by atoms with Gasteiger partial charge in [0.1, 0.15) is 6.23 Å². The standard InChI is InChI=1S/C11H17NO/c1-4-10-8(2)6-5-7-11(10)12-9(3)13/h5-7,9,12-13H,4H2,1-3H3. The lowest BCUT2D eigenvalue weighted by atomic mass is 10.0. The van der Waals surface area contributed by atoms with Gasteiger partial charge in [0.15, 0.2) is 0 Å². The summed E-state index contributed by atoms with van der Waals surface area (Å²) in [7, 11) is 0. The largest absolute Gasteiger partial charge is 0.374 e. The fourth-order valence-corrected chi connectivity index (χ4v) is 1.53. The first-order valence-corrected chi connectivity index (χ1v) is 4.68. The maximum Gasteiger partial charge on any atom is 0.121 e. The number of aliphatic hydroxyl groups is 1. The maximum absolute atomic E-state index is 9.21. The molecule has 0 aliphatic carbocycles. The highest BCUT2D eigenvalue weighted by Crippen LogP contribution is 2.20. The average molecular weight is 179 g/mol. The third kappa shape index (κ3) is 2.46. The molecule has 2 nitrogen and oxygen atoms in total. The van der Waals surface area contributed by atoms with Crippen molar-refractivity contribution in [3.8, 4) is 0 Å². The lowest BCUT2D eigenvalue weighted by Gasteiger charge is -2.14. The van der Waals surface area contributed by atoms with Gasteiger partial charge in [0, 0.05) is 5.69 Å². The van der Waals surface area contributed by atoms with Crippen LogP contribution in [0.4, 0.5) is 5.69 Å². The minimum Gasteiger partial charge on any atom is -0.374 e. The molecule has 72 valence electrons. The molecule has 0 saturated carbocycles. The zero-order valence-corrected chi connectivity index (χ0v) is 8.46. The Kier molecular flexibility index (Phi) is 3.32. The van der Waals surface area contributed by atoms with Crippen LogP contribution in [0.3, 0.4) is 0 Å². The van der Waals surface area contributed by atoms with Crippen molar-refractivity contribution in [2.75, 3.05) is 5.32 Å². The summed E-state index contributed by atoms with van der Waals surface area (Å²) in [5, 5.41) is 12.2. The maximum atomic E-state index is 9.21. The molecule has 0 aliphatic rings. The molecule has 13 heavy (non-hydrogen) atoms. The van der Waals surface area contributed by atoms with Crippen LogP contribution in [-0.2, 0) is 6.42 Å². The van der Waals surface area contributed by atoms with Gasteiger partial charge in [-0.3, -0.25) is 0 Å². The Bertz CT molecular complexity index is 281. The molecule has 0 aromatic heterocycles. The number of rotatable bonds is 3. The zero-order valence-electron chi connectivity index (χ0n) is 8.46. The Balaban J connectivity index is 2.98. The smallest absolute Gasteiger partial charge is 0.121 e. The number of nitrogens with one attached hydrogen (secondary N) is 1. The summed E-state index contributed by atoms with van der Waals surface area (Å²) in [4.78, 5) is 0. The summed E-state index contributed by atoms with van der Waals surface area (Å²) in [5.41, 5.74) is 3.59. The van der Waals surface area contributed by atoms with E-state index in [0.717, 1.165) is 12.1 Å². The molecule has 1 atom stereocenters. The van der Waals surface area contributed by atoms with Crippen LogP contribution in [0.15, 0.2) is 18.2 Å². The van der Waals surface area contributed by atoms with Gasteiger partial charge < -0.3 is 10.4 Å². The second-order valence-electron chi connectivity index (χ2n) is 3.27. The van der Waals surface area contributed by atoms with Crippen molar-refractivity contribution in [2.24, 2.45) is 0 Å². The molecule has 0 radical (unpaired) electrons. The lowest BCUT2D eigenvalue weighted by Crippen LogP contribution is -2.14. The van der Waals surface area contributed by atoms with Gasteiger partial charge in [-0.2, -0.15) is 0 Å². The van der Waals surface area contributed by atoms with Gasteiger partial charge in [0.25, 0.3) is 0 Å². The van der Waals surface area contributed by atoms with E-state index < -0.39 is 6.23 Å². The van der Waals surface area contributed by atoms with Crippen molar-refractivity contribution < 1.29 is 5.11 Å². The summed E-state index contributed by atoms with van der Waals surface area (Å²) >= 11 is 0. The second-order valence-corrected chi connectivity index (χ2v) is 3.27. The van der Waals surface area contributed by atoms with E-state index in [1.54, 1.807) is 6.92 Å². The predicted octanol–water partition coefficient (Wildman–Crippen LogP) is 2.31. The molecule has 1 unspecified atom stereocenters. The zero-order chi connectivity index (χ0) is 9.84. The molecule has 0 heterocycles. The lowest BCUT2D eigenvalue weighted by molar-refractivity contribution is 0.224. The Labute approximate surface area is 79.6 Å². The van der Waals surface area contributed by atoms with Crippen LogP contribution in [0.1, 0.15) is 25.0 Å². The van der Waals surface area contributed by atoms with E-state index in [1.165, 1.54) is 11.1 Å². The molecule has 0 bridgehead atoms. The molecule has 0 aliphatic heterocycles. The highest BCUT2D eigenvalue weighted by Gasteiger charge is 2.04. The quantitative estimate of drug-likeness (QED) is 0.698. The second kappa shape index (κ2) is 4.28. The number of hydrogen-bond acceptors (Lipinski definition) is 2. The number of aryl methyl sites for hydroxylation is 1. The number of aliphatic hydroxyl groups excluding tert-OH is 1. The van der Waals surface area contributed by atoms with Crippen molar-refractivity contribution >= 4 is 5.69 Å². The predicted molar refractivity (Wildman–Crippen MR) is 55.9 cm³/mol. The van der Waals surface area contributed by atoms with Gasteiger partial charge in [-0.05, 0) is 37.5 Å². The van der Waals surface area contributed by atoms with Gasteiger partial charge in [-0.15, -0.1) is 0 Å². The minimum absolute atomic E-state index is 0.493. The van der Waals surface area contributed by atoms with E-state index in [1.807, 2.05) is 12.1 Å². The molecule has 2 heteroatoms. The molecular weight excluding hydrogens is 162 g/mol. The van der Waals surface area contributed by atoms with E-state index in [-0.39, 0.29) is 0 Å². The van der Waals surface area contributed by atoms with Crippen LogP contribution in [0.25, 0.3) is 0 Å². The highest BCUT2D eigenvalue weighted by atomic mass is 16.3. The summed E-state index contributed by atoms with van der Waals surface area (Å²) < 4.78 is 0. The Morgan fingerprint density at radius 1 is 1.46 bits per heavy atom. The molecule has 1 aromatic rings. The van der Waals surface area contributed by atoms with Crippen LogP contribution >= 0.6 is 0 Å². The average Bonchev–Trinajstić information content (AvgIpc) is 2.03. The Morgan fingerprint density at radius 2 is 2.15 bits per heavy atom. The fraction of sp³-hybridized carbons (Fsp3) is 0.455. The van der Waals surface area contributed by atoms with Gasteiger partial charge in [0.05, 0.1) is 0 Å². The molecule has 0 spiro atoms. The Hall–Kier alpha value is -1.02. The molecule has 1 rings (SSSR count). The number of hydrogen-bond donors (Lipinski definition) is 2. The van der Waals surface area contributed by atoms with Crippen molar-refractivity contribution in [3.05, 3.63) is 29.3 Å². The number of benzene rings is 1. The molecule has 0 saturated heterocycles. The first-order valence-electron chi connectivity index (χ1n) is 4.68. The highest BCUT2D eigenvalue weighted by molar-refractivity contribution is 5.54. The third-order valence-electron chi connectivity index (χ3n) is 2.13. The Morgan fingerprint density at radius 3 is 2.69 bits per heavy atom. The van der Waals surface area contributed by atoms with Crippen molar-refractivity contribution in [2.45, 2.75) is 33.4 Å². The van der Waals surface area contributed by atoms with Crippen molar-refractivity contribution in [3.63, 3.8) is 0 Å². The fourth-order valence-electron chi connectivity index (χ4n) is 1.53. The van der Waals surface area contributed by atoms with Crippen LogP contribution in [-0.4, -0.2) is 11.3 Å². The van der Waals surface area contributed by atoms with E-state index in [4.69, 9.17) is 0 Å². The molecular formula is C11H17NO. The van der Waals surface area contributed by atoms with Crippen LogP contribution in [0, 0.1) is 6.92 Å². The summed E-state index contributed by atoms with van der Waals surface area (Å²) in [5.74, 6) is 0. The molecule has 0 amide bonds. The number of anilines is 1. The van der Waals surface area contributed by atoms with Gasteiger partial charge in [-0.1, -0.05) is 19.1 Å². The van der Waals surface area contributed by atoms with Crippen molar-refractivity contribution in [1.29, 1.82) is 0 Å². The third-order valence-corrected chi connectivity index (χ3v) is 2.13. The first-order chi connectivity index (χ1) is 6.15. The summed E-state index contributed by atoms with van der Waals surface area (Å²) in [6.45, 7) is 5.93. The van der Waals surface area contributed by atoms with Crippen LogP contribution in [0.5, 0.6) is 0 Å². The van der Waals surface area contributed by atoms with E-state index in [0.29, 0.717) is 0 Å². The normalized spacial score (nSPS) is 12.6. The first kappa shape index (κ1) is 10.1. The SMILES string of the molecule is CCc1c(C)cccc1NC(C)O. The minimum atomic E-state index is -0.493.